The number of anilines is 1. The van der Waals surface area contributed by atoms with Crippen molar-refractivity contribution in [2.75, 3.05) is 5.32 Å². The van der Waals surface area contributed by atoms with Crippen LogP contribution in [-0.4, -0.2) is 26.6 Å². The van der Waals surface area contributed by atoms with E-state index in [1.165, 1.54) is 17.8 Å². The molecule has 2 aromatic heterocycles. The molecule has 1 amide bonds. The number of nitrogens with zero attached hydrogens (tertiary/aromatic N) is 3. The van der Waals surface area contributed by atoms with Crippen molar-refractivity contribution in [3.05, 3.63) is 41.0 Å². The molecule has 1 aliphatic rings. The quantitative estimate of drug-likeness (QED) is 0.728. The average Bonchev–Trinajstić information content (AvgIpc) is 2.93. The van der Waals surface area contributed by atoms with Gasteiger partial charge in [-0.3, -0.25) is 14.5 Å². The van der Waals surface area contributed by atoms with E-state index < -0.39 is 23.8 Å². The molecule has 5 nitrogen and oxygen atoms in total. The Bertz CT molecular complexity index is 856. The Morgan fingerprint density at radius 2 is 2.00 bits per heavy atom. The molecular formula is C19H22F4N4O. The number of alkyl halides is 4. The summed E-state index contributed by atoms with van der Waals surface area (Å²) in [7, 11) is 0. The zero-order valence-corrected chi connectivity index (χ0v) is 15.7. The predicted octanol–water partition coefficient (Wildman–Crippen LogP) is 4.91. The fraction of sp³-hybridized carbons (Fsp3) is 0.526. The molecule has 0 aliphatic heterocycles. The number of aryl methyl sites for hydroxylation is 2. The fourth-order valence-corrected chi connectivity index (χ4v) is 3.57. The first-order valence-corrected chi connectivity index (χ1v) is 9.13. The highest BCUT2D eigenvalue weighted by atomic mass is 19.3. The zero-order chi connectivity index (χ0) is 20.5. The van der Waals surface area contributed by atoms with Crippen LogP contribution < -0.4 is 5.32 Å². The molecule has 2 aromatic rings. The highest BCUT2D eigenvalue weighted by Crippen LogP contribution is 2.37. The molecule has 2 heterocycles. The van der Waals surface area contributed by atoms with E-state index >= 15 is 0 Å². The van der Waals surface area contributed by atoms with Crippen LogP contribution >= 0.6 is 0 Å². The van der Waals surface area contributed by atoms with E-state index in [9.17, 15) is 22.4 Å². The minimum Gasteiger partial charge on any atom is -0.321 e. The van der Waals surface area contributed by atoms with Gasteiger partial charge in [0.25, 0.3) is 12.3 Å². The molecule has 0 spiro atoms. The highest BCUT2D eigenvalue weighted by molar-refractivity contribution is 6.04. The third-order valence-corrected chi connectivity index (χ3v) is 5.03. The second-order valence-electron chi connectivity index (χ2n) is 7.27. The summed E-state index contributed by atoms with van der Waals surface area (Å²) in [6, 6.07) is 3.18. The molecule has 0 radical (unpaired) electrons. The van der Waals surface area contributed by atoms with Crippen LogP contribution in [0, 0.1) is 19.8 Å². The minimum absolute atomic E-state index is 0.0622. The lowest BCUT2D eigenvalue weighted by atomic mass is 9.87. The van der Waals surface area contributed by atoms with Crippen LogP contribution in [0.1, 0.15) is 59.5 Å². The second-order valence-corrected chi connectivity index (χ2v) is 7.27. The Morgan fingerprint density at radius 1 is 1.32 bits per heavy atom. The number of rotatable bonds is 5. The molecule has 0 atom stereocenters. The van der Waals surface area contributed by atoms with Gasteiger partial charge < -0.3 is 5.32 Å². The zero-order valence-electron chi connectivity index (χ0n) is 15.7. The summed E-state index contributed by atoms with van der Waals surface area (Å²) in [6.07, 6.45) is -1.32. The van der Waals surface area contributed by atoms with Crippen molar-refractivity contribution in [1.82, 2.24) is 14.8 Å². The maximum Gasteiger partial charge on any atom is 0.274 e. The Kier molecular flexibility index (Phi) is 5.71. The number of hydrogen-bond acceptors (Lipinski definition) is 3. The third kappa shape index (κ3) is 4.51. The molecular weight excluding hydrogens is 376 g/mol. The van der Waals surface area contributed by atoms with Gasteiger partial charge in [-0.15, -0.1) is 0 Å². The first-order chi connectivity index (χ1) is 13.2. The summed E-state index contributed by atoms with van der Waals surface area (Å²) in [4.78, 5) is 16.8. The van der Waals surface area contributed by atoms with Crippen molar-refractivity contribution >= 4 is 11.6 Å². The van der Waals surface area contributed by atoms with Gasteiger partial charge in [0, 0.05) is 37.0 Å². The van der Waals surface area contributed by atoms with Crippen LogP contribution in [0.4, 0.5) is 23.2 Å². The minimum atomic E-state index is -2.87. The van der Waals surface area contributed by atoms with Crippen molar-refractivity contribution in [3.8, 4) is 0 Å². The van der Waals surface area contributed by atoms with Crippen molar-refractivity contribution < 1.29 is 22.4 Å². The number of carbonyl (C=O) groups excluding carboxylic acids is 1. The van der Waals surface area contributed by atoms with Gasteiger partial charge in [-0.2, -0.15) is 5.10 Å². The van der Waals surface area contributed by atoms with Crippen LogP contribution in [0.2, 0.25) is 0 Å². The monoisotopic (exact) mass is 398 g/mol. The second kappa shape index (κ2) is 7.89. The lowest BCUT2D eigenvalue weighted by molar-refractivity contribution is -0.0477. The average molecular weight is 398 g/mol. The molecule has 152 valence electrons. The molecule has 1 saturated carbocycles. The summed E-state index contributed by atoms with van der Waals surface area (Å²) >= 11 is 0. The molecule has 0 unspecified atom stereocenters. The van der Waals surface area contributed by atoms with Gasteiger partial charge in [-0.05, 0) is 44.7 Å². The van der Waals surface area contributed by atoms with Gasteiger partial charge >= 0.3 is 0 Å². The summed E-state index contributed by atoms with van der Waals surface area (Å²) in [5.74, 6) is -3.52. The van der Waals surface area contributed by atoms with E-state index in [0.717, 1.165) is 0 Å². The lowest BCUT2D eigenvalue weighted by Gasteiger charge is -2.28. The van der Waals surface area contributed by atoms with Crippen LogP contribution in [0.25, 0.3) is 0 Å². The predicted molar refractivity (Wildman–Crippen MR) is 95.8 cm³/mol. The molecule has 28 heavy (non-hydrogen) atoms. The van der Waals surface area contributed by atoms with E-state index in [1.807, 2.05) is 0 Å². The first-order valence-electron chi connectivity index (χ1n) is 9.13. The molecule has 0 aromatic carbocycles. The summed E-state index contributed by atoms with van der Waals surface area (Å²) in [6.45, 7) is 3.32. The Morgan fingerprint density at radius 3 is 2.61 bits per heavy atom. The van der Waals surface area contributed by atoms with Crippen molar-refractivity contribution in [2.45, 2.75) is 58.4 Å². The number of halogens is 4. The third-order valence-electron chi connectivity index (χ3n) is 5.03. The summed E-state index contributed by atoms with van der Waals surface area (Å²) < 4.78 is 55.2. The Labute approximate surface area is 160 Å². The standard InChI is InChI=1S/C19H22F4N4O/c1-11-9-14(5-8-24-11)25-18(28)16-15(17(20)21)12(2)26-27(16)10-13-3-6-19(22,23)7-4-13/h5,8-9,13,17H,3-4,6-7,10H2,1-2H3,(H,24,25,28). The molecule has 0 bridgehead atoms. The van der Waals surface area contributed by atoms with E-state index in [0.29, 0.717) is 11.4 Å². The lowest BCUT2D eigenvalue weighted by Crippen LogP contribution is -2.28. The van der Waals surface area contributed by atoms with Crippen LogP contribution in [0.15, 0.2) is 18.3 Å². The van der Waals surface area contributed by atoms with Gasteiger partial charge in [0.15, 0.2) is 0 Å². The number of pyridine rings is 1. The molecule has 1 fully saturated rings. The fourth-order valence-electron chi connectivity index (χ4n) is 3.57. The number of amides is 1. The Balaban J connectivity index is 1.86. The molecule has 0 saturated heterocycles. The van der Waals surface area contributed by atoms with Gasteiger partial charge in [-0.1, -0.05) is 0 Å². The van der Waals surface area contributed by atoms with Crippen LogP contribution in [0.5, 0.6) is 0 Å². The van der Waals surface area contributed by atoms with Gasteiger partial charge in [0.1, 0.15) is 5.69 Å². The SMILES string of the molecule is Cc1cc(NC(=O)c2c(C(F)F)c(C)nn2CC2CCC(F)(F)CC2)ccn1. The van der Waals surface area contributed by atoms with Crippen molar-refractivity contribution in [3.63, 3.8) is 0 Å². The van der Waals surface area contributed by atoms with Crippen molar-refractivity contribution in [2.24, 2.45) is 5.92 Å². The van der Waals surface area contributed by atoms with E-state index in [1.54, 1.807) is 19.1 Å². The molecule has 1 aliphatic carbocycles. The summed E-state index contributed by atoms with van der Waals surface area (Å²) in [5.41, 5.74) is 0.510. The van der Waals surface area contributed by atoms with Crippen LogP contribution in [0.3, 0.4) is 0 Å². The molecule has 1 N–H and O–H groups in total. The largest absolute Gasteiger partial charge is 0.321 e. The Hall–Kier alpha value is -2.45. The normalized spacial score (nSPS) is 17.1. The number of aromatic nitrogens is 3. The van der Waals surface area contributed by atoms with Crippen LogP contribution in [-0.2, 0) is 6.54 Å². The first kappa shape index (κ1) is 20.3. The van der Waals surface area contributed by atoms with E-state index in [2.05, 4.69) is 15.4 Å². The highest BCUT2D eigenvalue weighted by Gasteiger charge is 2.36. The van der Waals surface area contributed by atoms with Crippen molar-refractivity contribution in [1.29, 1.82) is 0 Å². The number of hydrogen-bond donors (Lipinski definition) is 1. The molecule has 9 heteroatoms. The smallest absolute Gasteiger partial charge is 0.274 e. The van der Waals surface area contributed by atoms with Gasteiger partial charge in [0.2, 0.25) is 5.92 Å². The number of carbonyl (C=O) groups is 1. The van der Waals surface area contributed by atoms with E-state index in [4.69, 9.17) is 0 Å². The topological polar surface area (TPSA) is 59.8 Å². The maximum atomic E-state index is 13.6. The van der Waals surface area contributed by atoms with Gasteiger partial charge in [0.05, 0.1) is 11.3 Å². The van der Waals surface area contributed by atoms with Gasteiger partial charge in [-0.25, -0.2) is 17.6 Å². The number of nitrogens with one attached hydrogen (secondary N) is 1. The molecule has 3 rings (SSSR count). The summed E-state index contributed by atoms with van der Waals surface area (Å²) in [5, 5.41) is 6.72. The van der Waals surface area contributed by atoms with E-state index in [-0.39, 0.29) is 49.5 Å². The maximum absolute atomic E-state index is 13.6.